The molecule has 46 heavy (non-hydrogen) atoms. The average Bonchev–Trinajstić information content (AvgIpc) is 3.65. The summed E-state index contributed by atoms with van der Waals surface area (Å²) in [5, 5.41) is 18.7. The number of allylic oxidation sites excluding steroid dienone is 1. The van der Waals surface area contributed by atoms with Crippen molar-refractivity contribution < 1.29 is 22.7 Å². The predicted octanol–water partition coefficient (Wildman–Crippen LogP) is 7.43. The van der Waals surface area contributed by atoms with Crippen molar-refractivity contribution in [3.63, 3.8) is 0 Å². The molecule has 3 aromatic carbocycles. The maximum atomic E-state index is 12.9. The van der Waals surface area contributed by atoms with Gasteiger partial charge >= 0.3 is 12.4 Å². The van der Waals surface area contributed by atoms with Gasteiger partial charge in [-0.15, -0.1) is 29.6 Å². The number of aromatic nitrogens is 4. The molecule has 2 amide bonds. The molecule has 0 saturated heterocycles. The van der Waals surface area contributed by atoms with Gasteiger partial charge < -0.3 is 10.1 Å². The number of carbonyl (C=O) groups excluding carboxylic acids is 1. The number of alkyl halides is 3. The van der Waals surface area contributed by atoms with E-state index >= 15 is 0 Å². The summed E-state index contributed by atoms with van der Waals surface area (Å²) >= 11 is 1.36. The number of amides is 2. The van der Waals surface area contributed by atoms with Crippen LogP contribution in [0.5, 0.6) is 5.75 Å². The zero-order valence-electron chi connectivity index (χ0n) is 25.0. The van der Waals surface area contributed by atoms with Crippen LogP contribution >= 0.6 is 11.3 Å². The maximum Gasteiger partial charge on any atom is 0.573 e. The molecule has 0 spiro atoms. The summed E-state index contributed by atoms with van der Waals surface area (Å²) in [5.41, 5.74) is 6.13. The lowest BCUT2D eigenvalue weighted by Gasteiger charge is -2.13. The number of hydrogen-bond acceptors (Lipinski definition) is 6. The highest BCUT2D eigenvalue weighted by atomic mass is 32.1. The van der Waals surface area contributed by atoms with Crippen LogP contribution in [0, 0.1) is 25.2 Å². The minimum atomic E-state index is -4.78. The second-order valence-electron chi connectivity index (χ2n) is 10.2. The molecule has 2 aromatic heterocycles. The Bertz CT molecular complexity index is 2000. The molecule has 0 aliphatic carbocycles. The first-order chi connectivity index (χ1) is 22.0. The van der Waals surface area contributed by atoms with Crippen LogP contribution in [0.3, 0.4) is 0 Å². The molecule has 2 heterocycles. The summed E-state index contributed by atoms with van der Waals surface area (Å²) in [6.07, 6.45) is -0.142. The second kappa shape index (κ2) is 13.7. The molecule has 0 fully saturated rings. The minimum Gasteiger partial charge on any atom is -0.406 e. The third kappa shape index (κ3) is 7.59. The zero-order chi connectivity index (χ0) is 32.8. The van der Waals surface area contributed by atoms with Crippen LogP contribution < -0.4 is 14.9 Å². The highest BCUT2D eigenvalue weighted by molar-refractivity contribution is 7.07. The highest BCUT2D eigenvalue weighted by Crippen LogP contribution is 2.25. The topological polar surface area (TPSA) is 110 Å². The molecule has 5 rings (SSSR count). The molecule has 0 saturated carbocycles. The largest absolute Gasteiger partial charge is 0.573 e. The van der Waals surface area contributed by atoms with E-state index in [-0.39, 0.29) is 11.3 Å². The number of hydrogen-bond donors (Lipinski definition) is 1. The zero-order valence-corrected chi connectivity index (χ0v) is 25.9. The Labute approximate surface area is 266 Å². The predicted molar refractivity (Wildman–Crippen MR) is 168 cm³/mol. The van der Waals surface area contributed by atoms with E-state index in [1.165, 1.54) is 58.4 Å². The van der Waals surface area contributed by atoms with Crippen molar-refractivity contribution in [1.29, 1.82) is 5.26 Å². The Morgan fingerprint density at radius 3 is 2.52 bits per heavy atom. The van der Waals surface area contributed by atoms with Crippen LogP contribution in [0.4, 0.5) is 18.0 Å². The fraction of sp³-hybridized carbons (Fsp3) is 0.182. The van der Waals surface area contributed by atoms with E-state index in [1.54, 1.807) is 24.3 Å². The van der Waals surface area contributed by atoms with E-state index in [0.717, 1.165) is 29.8 Å². The molecule has 13 heteroatoms. The normalized spacial score (nSPS) is 12.2. The Kier molecular flexibility index (Phi) is 9.48. The third-order valence-electron chi connectivity index (χ3n) is 6.82. The van der Waals surface area contributed by atoms with Crippen LogP contribution in [0.15, 0.2) is 89.6 Å². The van der Waals surface area contributed by atoms with E-state index in [0.29, 0.717) is 27.4 Å². The number of halogens is 3. The quantitative estimate of drug-likeness (QED) is 0.177. The molecular formula is C33H28F3N7O2S. The van der Waals surface area contributed by atoms with Gasteiger partial charge in [-0.3, -0.25) is 4.57 Å². The monoisotopic (exact) mass is 643 g/mol. The Morgan fingerprint density at radius 1 is 1.11 bits per heavy atom. The van der Waals surface area contributed by atoms with Gasteiger partial charge in [0.1, 0.15) is 18.1 Å². The van der Waals surface area contributed by atoms with Crippen molar-refractivity contribution in [2.75, 3.05) is 0 Å². The fourth-order valence-electron chi connectivity index (χ4n) is 4.68. The number of nitriles is 1. The van der Waals surface area contributed by atoms with Gasteiger partial charge in [0, 0.05) is 22.8 Å². The van der Waals surface area contributed by atoms with Crippen molar-refractivity contribution in [1.82, 2.24) is 24.6 Å². The number of aryl methyl sites for hydroxylation is 3. The fourth-order valence-corrected chi connectivity index (χ4v) is 5.54. The van der Waals surface area contributed by atoms with Gasteiger partial charge in [-0.1, -0.05) is 49.7 Å². The molecule has 0 unspecified atom stereocenters. The summed E-state index contributed by atoms with van der Waals surface area (Å²) in [4.78, 5) is 21.9. The standard InChI is InChI=1S/C33H28F3N7O2S/c1-4-5-24-7-6-21(2)16-29(24)43-22(3)19-46-32(43)40-31(44)38-18-26(17-37)23-8-10-25(11-9-23)30-39-20-42(41-30)27-12-14-28(15-13-27)45-33(34,35)36/h6-16,18-20H,4-5H2,1-3H3,(H,38,44)/b26-18+,40-32?. The Balaban J connectivity index is 1.30. The first kappa shape index (κ1) is 31.9. The lowest BCUT2D eigenvalue weighted by molar-refractivity contribution is -0.274. The molecule has 0 atom stereocenters. The van der Waals surface area contributed by atoms with E-state index in [2.05, 4.69) is 56.3 Å². The van der Waals surface area contributed by atoms with Crippen molar-refractivity contribution in [2.45, 2.75) is 40.0 Å². The minimum absolute atomic E-state index is 0.217. The number of thiazole rings is 1. The van der Waals surface area contributed by atoms with Gasteiger partial charge in [-0.2, -0.15) is 10.3 Å². The van der Waals surface area contributed by atoms with E-state index in [4.69, 9.17) is 0 Å². The summed E-state index contributed by atoms with van der Waals surface area (Å²) in [6.45, 7) is 6.12. The molecule has 234 valence electrons. The molecular weight excluding hydrogens is 615 g/mol. The number of nitrogens with zero attached hydrogens (tertiary/aromatic N) is 6. The Morgan fingerprint density at radius 2 is 1.85 bits per heavy atom. The Hall–Kier alpha value is -5.48. The number of urea groups is 1. The highest BCUT2D eigenvalue weighted by Gasteiger charge is 2.31. The number of ether oxygens (including phenoxy) is 1. The number of rotatable bonds is 8. The third-order valence-corrected chi connectivity index (χ3v) is 7.76. The van der Waals surface area contributed by atoms with Crippen LogP contribution in [0.2, 0.25) is 0 Å². The van der Waals surface area contributed by atoms with Crippen molar-refractivity contribution in [3.05, 3.63) is 112 Å². The molecule has 0 radical (unpaired) electrons. The first-order valence-electron chi connectivity index (χ1n) is 14.2. The lowest BCUT2D eigenvalue weighted by Crippen LogP contribution is -2.22. The number of nitrogens with one attached hydrogen (secondary N) is 1. The van der Waals surface area contributed by atoms with Crippen molar-refractivity contribution in [2.24, 2.45) is 4.99 Å². The van der Waals surface area contributed by atoms with Crippen LogP contribution in [0.25, 0.3) is 28.3 Å². The van der Waals surface area contributed by atoms with Gasteiger partial charge in [-0.25, -0.2) is 14.5 Å². The average molecular weight is 644 g/mol. The molecule has 0 aliphatic heterocycles. The SMILES string of the molecule is CCCc1ccc(C)cc1-n1c(C)csc1=NC(=O)N/C=C(\C#N)c1ccc(-c2ncn(-c3ccc(OC(F)(F)F)cc3)n2)cc1. The number of carbonyl (C=O) groups is 1. The maximum absolute atomic E-state index is 12.9. The summed E-state index contributed by atoms with van der Waals surface area (Å²) in [5.74, 6) is 0.0268. The van der Waals surface area contributed by atoms with Crippen LogP contribution in [-0.4, -0.2) is 31.7 Å². The van der Waals surface area contributed by atoms with E-state index in [1.807, 2.05) is 23.8 Å². The van der Waals surface area contributed by atoms with Gasteiger partial charge in [0.15, 0.2) is 10.6 Å². The first-order valence-corrected chi connectivity index (χ1v) is 15.0. The summed E-state index contributed by atoms with van der Waals surface area (Å²) in [7, 11) is 0. The van der Waals surface area contributed by atoms with Crippen LogP contribution in [0.1, 0.15) is 35.7 Å². The van der Waals surface area contributed by atoms with Crippen LogP contribution in [-0.2, 0) is 6.42 Å². The summed E-state index contributed by atoms with van der Waals surface area (Å²) < 4.78 is 44.6. The van der Waals surface area contributed by atoms with E-state index in [9.17, 15) is 23.2 Å². The van der Waals surface area contributed by atoms with Crippen molar-refractivity contribution >= 4 is 22.9 Å². The van der Waals surface area contributed by atoms with E-state index < -0.39 is 12.4 Å². The van der Waals surface area contributed by atoms with Gasteiger partial charge in [0.2, 0.25) is 0 Å². The molecule has 1 N–H and O–H groups in total. The van der Waals surface area contributed by atoms with Gasteiger partial charge in [-0.05, 0) is 67.3 Å². The molecule has 0 bridgehead atoms. The smallest absolute Gasteiger partial charge is 0.406 e. The molecule has 5 aromatic rings. The van der Waals surface area contributed by atoms with Gasteiger partial charge in [0.25, 0.3) is 0 Å². The summed E-state index contributed by atoms with van der Waals surface area (Å²) in [6, 6.07) is 19.8. The van der Waals surface area contributed by atoms with Crippen molar-refractivity contribution in [3.8, 4) is 34.6 Å². The molecule has 0 aliphatic rings. The number of benzene rings is 3. The lowest BCUT2D eigenvalue weighted by atomic mass is 10.1. The second-order valence-corrected chi connectivity index (χ2v) is 11.1. The van der Waals surface area contributed by atoms with Gasteiger partial charge in [0.05, 0.1) is 16.9 Å². The molecule has 9 nitrogen and oxygen atoms in total.